The van der Waals surface area contributed by atoms with Gasteiger partial charge in [-0.05, 0) is 12.1 Å². The largest absolute Gasteiger partial charge is 1.00 e. The van der Waals surface area contributed by atoms with Gasteiger partial charge in [0.2, 0.25) is 0 Å². The average molecular weight is 368 g/mol. The molecule has 0 aromatic heterocycles. The van der Waals surface area contributed by atoms with Gasteiger partial charge in [-0.25, -0.2) is 0 Å². The summed E-state index contributed by atoms with van der Waals surface area (Å²) in [5.74, 6) is 0.681. The maximum atomic E-state index is 14.1. The number of ether oxygens (including phenoxy) is 1. The maximum absolute atomic E-state index is 14.1. The van der Waals surface area contributed by atoms with Crippen LogP contribution in [-0.2, 0) is 4.57 Å². The zero-order valence-electron chi connectivity index (χ0n) is 14.8. The number of methoxy groups -OCH3 is 1. The Labute approximate surface area is 151 Å². The van der Waals surface area contributed by atoms with E-state index in [2.05, 4.69) is 26.5 Å². The van der Waals surface area contributed by atoms with Gasteiger partial charge in [0.25, 0.3) is 0 Å². The molecule has 2 rings (SSSR count). The summed E-state index contributed by atoms with van der Waals surface area (Å²) in [6.45, 7) is 6.42. The van der Waals surface area contributed by atoms with Crippen molar-refractivity contribution >= 4 is 17.8 Å². The summed E-state index contributed by atoms with van der Waals surface area (Å²) < 4.78 is 19.6. The second-order valence-corrected chi connectivity index (χ2v) is 9.84. The Hall–Kier alpha value is -1.28. The molecule has 0 spiro atoms. The molecule has 5 heteroatoms. The molecule has 2 atom stereocenters. The molecule has 0 radical (unpaired) electrons. The topological polar surface area (TPSA) is 53.9 Å². The minimum Gasteiger partial charge on any atom is -1.00 e. The molecule has 0 aliphatic rings. The van der Waals surface area contributed by atoms with Crippen molar-refractivity contribution in [3.8, 4) is 5.75 Å². The highest BCUT2D eigenvalue weighted by molar-refractivity contribution is 7.79. The van der Waals surface area contributed by atoms with Crippen molar-refractivity contribution in [1.29, 1.82) is 0 Å². The minimum atomic E-state index is -2.82. The van der Waals surface area contributed by atoms with E-state index in [1.807, 2.05) is 54.6 Å². The van der Waals surface area contributed by atoms with Gasteiger partial charge in [-0.2, -0.15) is 0 Å². The van der Waals surface area contributed by atoms with Gasteiger partial charge in [0.05, 0.1) is 24.6 Å². The molecule has 0 bridgehead atoms. The van der Waals surface area contributed by atoms with Crippen LogP contribution in [-0.4, -0.2) is 19.3 Å². The summed E-state index contributed by atoms with van der Waals surface area (Å²) >= 11 is 0. The van der Waals surface area contributed by atoms with E-state index in [4.69, 9.17) is 4.74 Å². The fraction of sp³-hybridized carbons (Fsp3) is 0.368. The summed E-state index contributed by atoms with van der Waals surface area (Å²) in [7, 11) is -1.19. The molecule has 0 fully saturated rings. The third-order valence-corrected chi connectivity index (χ3v) is 7.58. The molecule has 2 aromatic carbocycles. The molecule has 3 nitrogen and oxygen atoms in total. The standard InChI is InChI=1S/C19H26NO2P.ClH/c1-19(2,3)18(20)14-23(21,15-10-6-5-7-11-15)17-13-9-8-12-16(17)22-4;/h5-13,18H,14,20H2,1-4H3;1H/t18-,23-;/m1./s1. The third kappa shape index (κ3) is 4.42. The van der Waals surface area contributed by atoms with Gasteiger partial charge >= 0.3 is 0 Å². The first-order valence-corrected chi connectivity index (χ1v) is 9.79. The van der Waals surface area contributed by atoms with Crippen LogP contribution in [0, 0.1) is 5.41 Å². The van der Waals surface area contributed by atoms with E-state index in [0.717, 1.165) is 10.6 Å². The zero-order chi connectivity index (χ0) is 17.1. The zero-order valence-corrected chi connectivity index (χ0v) is 16.5. The quantitative estimate of drug-likeness (QED) is 0.736. The number of rotatable bonds is 5. The van der Waals surface area contributed by atoms with E-state index in [0.29, 0.717) is 11.9 Å². The second-order valence-electron chi connectivity index (χ2n) is 6.99. The molecule has 0 aliphatic carbocycles. The molecule has 0 heterocycles. The molecular weight excluding hydrogens is 341 g/mol. The smallest absolute Gasteiger partial charge is 0.152 e. The lowest BCUT2D eigenvalue weighted by molar-refractivity contribution is -0.435. The fourth-order valence-corrected chi connectivity index (χ4v) is 5.88. The van der Waals surface area contributed by atoms with Crippen molar-refractivity contribution in [2.75, 3.05) is 13.3 Å². The van der Waals surface area contributed by atoms with E-state index >= 15 is 0 Å². The maximum Gasteiger partial charge on any atom is 0.152 e. The van der Waals surface area contributed by atoms with Crippen LogP contribution in [0.1, 0.15) is 20.8 Å². The molecule has 24 heavy (non-hydrogen) atoms. The molecule has 0 saturated carbocycles. The highest BCUT2D eigenvalue weighted by Gasteiger charge is 2.37. The van der Waals surface area contributed by atoms with Crippen molar-refractivity contribution in [2.45, 2.75) is 26.8 Å². The summed E-state index contributed by atoms with van der Waals surface area (Å²) in [6.07, 6.45) is 0.529. The predicted molar refractivity (Wildman–Crippen MR) is 97.3 cm³/mol. The number of hydrogen-bond acceptors (Lipinski definition) is 2. The lowest BCUT2D eigenvalue weighted by atomic mass is 9.89. The normalized spacial score (nSPS) is 15.0. The van der Waals surface area contributed by atoms with Crippen LogP contribution >= 0.6 is 7.14 Å². The minimum absolute atomic E-state index is 0. The molecule has 0 saturated heterocycles. The van der Waals surface area contributed by atoms with Crippen LogP contribution in [0.5, 0.6) is 5.75 Å². The highest BCUT2D eigenvalue weighted by atomic mass is 35.5. The Balaban J connectivity index is 0.00000288. The SMILES string of the molecule is COc1ccccc1[P@@](=O)(C[C@@H]([NH3+])C(C)(C)C)c1ccccc1.[Cl-]. The van der Waals surface area contributed by atoms with Gasteiger partial charge in [0, 0.05) is 10.7 Å². The Morgan fingerprint density at radius 2 is 1.58 bits per heavy atom. The number of halogens is 1. The Morgan fingerprint density at radius 3 is 2.12 bits per heavy atom. The lowest BCUT2D eigenvalue weighted by Gasteiger charge is -2.29. The van der Waals surface area contributed by atoms with Gasteiger partial charge < -0.3 is 27.4 Å². The van der Waals surface area contributed by atoms with E-state index in [-0.39, 0.29) is 23.9 Å². The van der Waals surface area contributed by atoms with E-state index in [9.17, 15) is 4.57 Å². The van der Waals surface area contributed by atoms with E-state index in [1.165, 1.54) is 0 Å². The highest BCUT2D eigenvalue weighted by Crippen LogP contribution is 2.47. The van der Waals surface area contributed by atoms with Crippen LogP contribution in [0.25, 0.3) is 0 Å². The summed E-state index contributed by atoms with van der Waals surface area (Å²) in [6, 6.07) is 17.4. The molecular formula is C19H27ClNO2P. The van der Waals surface area contributed by atoms with Crippen LogP contribution in [0.15, 0.2) is 54.6 Å². The second kappa shape index (κ2) is 8.20. The van der Waals surface area contributed by atoms with Crippen LogP contribution in [0.2, 0.25) is 0 Å². The van der Waals surface area contributed by atoms with Gasteiger partial charge in [-0.3, -0.25) is 0 Å². The van der Waals surface area contributed by atoms with Gasteiger partial charge in [0.1, 0.15) is 5.75 Å². The number of hydrogen-bond donors (Lipinski definition) is 1. The Kier molecular flexibility index (Phi) is 7.10. The monoisotopic (exact) mass is 367 g/mol. The molecule has 0 aliphatic heterocycles. The number of para-hydroxylation sites is 1. The van der Waals surface area contributed by atoms with Crippen molar-refractivity contribution in [3.63, 3.8) is 0 Å². The molecule has 0 amide bonds. The van der Waals surface area contributed by atoms with E-state index in [1.54, 1.807) is 7.11 Å². The lowest BCUT2D eigenvalue weighted by Crippen LogP contribution is -3.00. The Bertz CT molecular complexity index is 698. The van der Waals surface area contributed by atoms with E-state index < -0.39 is 7.14 Å². The first-order valence-electron chi connectivity index (χ1n) is 7.90. The van der Waals surface area contributed by atoms with Gasteiger partial charge in [0.15, 0.2) is 7.14 Å². The third-order valence-electron chi connectivity index (χ3n) is 4.35. The number of quaternary nitrogens is 1. The van der Waals surface area contributed by atoms with Crippen LogP contribution in [0.3, 0.4) is 0 Å². The Morgan fingerprint density at radius 1 is 1.04 bits per heavy atom. The number of benzene rings is 2. The first kappa shape index (κ1) is 20.8. The molecule has 2 aromatic rings. The fourth-order valence-electron chi connectivity index (χ4n) is 2.52. The average Bonchev–Trinajstić information content (AvgIpc) is 2.54. The molecule has 132 valence electrons. The summed E-state index contributed by atoms with van der Waals surface area (Å²) in [5.41, 5.74) is 4.28. The van der Waals surface area contributed by atoms with Gasteiger partial charge in [-0.15, -0.1) is 0 Å². The van der Waals surface area contributed by atoms with Crippen molar-refractivity contribution < 1.29 is 27.4 Å². The molecule has 0 unspecified atom stereocenters. The van der Waals surface area contributed by atoms with Crippen molar-refractivity contribution in [3.05, 3.63) is 54.6 Å². The summed E-state index contributed by atoms with van der Waals surface area (Å²) in [4.78, 5) is 0. The summed E-state index contributed by atoms with van der Waals surface area (Å²) in [5, 5.41) is 1.65. The predicted octanol–water partition coefficient (Wildman–Crippen LogP) is -0.330. The van der Waals surface area contributed by atoms with Crippen LogP contribution < -0.4 is 33.5 Å². The molecule has 3 N–H and O–H groups in total. The van der Waals surface area contributed by atoms with Gasteiger partial charge in [-0.1, -0.05) is 63.2 Å². The van der Waals surface area contributed by atoms with Crippen LogP contribution in [0.4, 0.5) is 0 Å². The first-order chi connectivity index (χ1) is 10.8. The van der Waals surface area contributed by atoms with Crippen molar-refractivity contribution in [2.24, 2.45) is 5.41 Å². The van der Waals surface area contributed by atoms with Crippen molar-refractivity contribution in [1.82, 2.24) is 0 Å².